The lowest BCUT2D eigenvalue weighted by atomic mass is 9.89. The third-order valence-electron chi connectivity index (χ3n) is 8.20. The molecule has 1 atom stereocenters. The first-order chi connectivity index (χ1) is 18.8. The first-order valence-electron chi connectivity index (χ1n) is 13.4. The molecule has 0 fully saturated rings. The van der Waals surface area contributed by atoms with Crippen molar-refractivity contribution in [3.05, 3.63) is 150 Å². The van der Waals surface area contributed by atoms with Crippen LogP contribution in [-0.4, -0.2) is 5.71 Å². The third-order valence-corrected chi connectivity index (χ3v) is 8.20. The van der Waals surface area contributed by atoms with Crippen LogP contribution in [0.3, 0.4) is 0 Å². The van der Waals surface area contributed by atoms with Crippen molar-refractivity contribution < 1.29 is 0 Å². The van der Waals surface area contributed by atoms with E-state index in [2.05, 4.69) is 132 Å². The number of hydrazone groups is 1. The first kappa shape index (κ1) is 21.4. The van der Waals surface area contributed by atoms with E-state index in [-0.39, 0.29) is 6.04 Å². The Morgan fingerprint density at radius 3 is 2.03 bits per heavy atom. The normalized spacial score (nSPS) is 16.1. The second-order valence-electron chi connectivity index (χ2n) is 10.4. The van der Waals surface area contributed by atoms with E-state index in [9.17, 15) is 0 Å². The van der Waals surface area contributed by atoms with Crippen LogP contribution in [0, 0.1) is 0 Å². The maximum atomic E-state index is 5.32. The molecule has 0 saturated heterocycles. The van der Waals surface area contributed by atoms with Gasteiger partial charge < -0.3 is 0 Å². The molecule has 6 aromatic rings. The van der Waals surface area contributed by atoms with Gasteiger partial charge in [-0.1, -0.05) is 103 Å². The van der Waals surface area contributed by atoms with Gasteiger partial charge in [-0.2, -0.15) is 5.10 Å². The van der Waals surface area contributed by atoms with E-state index in [0.717, 1.165) is 24.2 Å². The van der Waals surface area contributed by atoms with Gasteiger partial charge in [-0.25, -0.2) is 0 Å². The van der Waals surface area contributed by atoms with Gasteiger partial charge >= 0.3 is 0 Å². The summed E-state index contributed by atoms with van der Waals surface area (Å²) in [5.41, 5.74) is 10.4. The molecule has 1 aliphatic heterocycles. The van der Waals surface area contributed by atoms with Gasteiger partial charge in [0.2, 0.25) is 0 Å². The highest BCUT2D eigenvalue weighted by atomic mass is 15.5. The Balaban J connectivity index is 1.29. The topological polar surface area (TPSA) is 15.6 Å². The molecule has 1 aliphatic carbocycles. The van der Waals surface area contributed by atoms with Crippen molar-refractivity contribution in [3.8, 4) is 11.1 Å². The molecule has 2 aliphatic rings. The number of benzene rings is 6. The fraction of sp³-hybridized carbons (Fsp3) is 0.0833. The van der Waals surface area contributed by atoms with Gasteiger partial charge in [-0.15, -0.1) is 0 Å². The number of para-hydroxylation sites is 1. The summed E-state index contributed by atoms with van der Waals surface area (Å²) in [5, 5.41) is 12.7. The van der Waals surface area contributed by atoms with Crippen LogP contribution >= 0.6 is 0 Å². The van der Waals surface area contributed by atoms with Crippen molar-refractivity contribution in [1.82, 2.24) is 0 Å². The average molecular weight is 487 g/mol. The molecule has 0 aromatic heterocycles. The van der Waals surface area contributed by atoms with Crippen LogP contribution in [0.25, 0.3) is 32.7 Å². The van der Waals surface area contributed by atoms with Gasteiger partial charge in [-0.3, -0.25) is 5.01 Å². The molecule has 0 bridgehead atoms. The number of nitrogens with zero attached hydrogens (tertiary/aromatic N) is 2. The van der Waals surface area contributed by atoms with E-state index < -0.39 is 0 Å². The Morgan fingerprint density at radius 1 is 0.579 bits per heavy atom. The second kappa shape index (κ2) is 8.43. The Kier molecular flexibility index (Phi) is 4.75. The van der Waals surface area contributed by atoms with Crippen LogP contribution in [0.5, 0.6) is 0 Å². The summed E-state index contributed by atoms with van der Waals surface area (Å²) in [6.45, 7) is 0. The molecule has 2 nitrogen and oxygen atoms in total. The Morgan fingerprint density at radius 2 is 1.24 bits per heavy atom. The fourth-order valence-corrected chi connectivity index (χ4v) is 6.46. The van der Waals surface area contributed by atoms with E-state index in [4.69, 9.17) is 5.10 Å². The van der Waals surface area contributed by atoms with Crippen molar-refractivity contribution in [2.75, 3.05) is 5.01 Å². The zero-order chi connectivity index (χ0) is 25.1. The van der Waals surface area contributed by atoms with E-state index in [1.54, 1.807) is 0 Å². The Labute approximate surface area is 222 Å². The highest BCUT2D eigenvalue weighted by Gasteiger charge is 2.33. The fourth-order valence-electron chi connectivity index (χ4n) is 6.46. The standard InChI is InChI=1S/C36H26N2/c1-2-13-29(14-3-1)38-35(36-32-16-8-5-11-25(32)20-26-12-6-9-17-33(26)36)23-34(37-38)27-18-19-31-28(22-27)21-24-10-4-7-15-30(24)31/h1-20,22,35H,21,23H2. The smallest absolute Gasteiger partial charge is 0.0843 e. The van der Waals surface area contributed by atoms with Crippen LogP contribution in [0.15, 0.2) is 132 Å². The number of fused-ring (bicyclic) bond motifs is 5. The lowest BCUT2D eigenvalue weighted by Crippen LogP contribution is -2.19. The second-order valence-corrected chi connectivity index (χ2v) is 10.4. The van der Waals surface area contributed by atoms with Crippen LogP contribution < -0.4 is 5.01 Å². The minimum Gasteiger partial charge on any atom is -0.257 e. The van der Waals surface area contributed by atoms with Crippen LogP contribution in [0.4, 0.5) is 5.69 Å². The Hall–Kier alpha value is -4.69. The van der Waals surface area contributed by atoms with Crippen molar-refractivity contribution in [1.29, 1.82) is 0 Å². The van der Waals surface area contributed by atoms with Crippen LogP contribution in [0.1, 0.15) is 34.7 Å². The number of hydrogen-bond acceptors (Lipinski definition) is 2. The highest BCUT2D eigenvalue weighted by molar-refractivity contribution is 6.07. The molecular weight excluding hydrogens is 460 g/mol. The molecule has 38 heavy (non-hydrogen) atoms. The van der Waals surface area contributed by atoms with Crippen LogP contribution in [-0.2, 0) is 6.42 Å². The van der Waals surface area contributed by atoms with E-state index in [0.29, 0.717) is 0 Å². The average Bonchev–Trinajstić information content (AvgIpc) is 3.58. The van der Waals surface area contributed by atoms with Crippen molar-refractivity contribution in [2.45, 2.75) is 18.9 Å². The number of hydrogen-bond donors (Lipinski definition) is 0. The molecule has 1 unspecified atom stereocenters. The van der Waals surface area contributed by atoms with Crippen molar-refractivity contribution in [2.24, 2.45) is 5.10 Å². The summed E-state index contributed by atoms with van der Waals surface area (Å²) < 4.78 is 0. The maximum Gasteiger partial charge on any atom is 0.0843 e. The molecule has 180 valence electrons. The van der Waals surface area contributed by atoms with Gasteiger partial charge in [0.1, 0.15) is 0 Å². The van der Waals surface area contributed by atoms with Gasteiger partial charge in [0.15, 0.2) is 0 Å². The van der Waals surface area contributed by atoms with Gasteiger partial charge in [0.25, 0.3) is 0 Å². The van der Waals surface area contributed by atoms with E-state index in [1.165, 1.54) is 54.9 Å². The molecular formula is C36H26N2. The summed E-state index contributed by atoms with van der Waals surface area (Å²) in [5.74, 6) is 0. The number of rotatable bonds is 3. The molecule has 0 saturated carbocycles. The zero-order valence-electron chi connectivity index (χ0n) is 21.0. The van der Waals surface area contributed by atoms with Gasteiger partial charge in [-0.05, 0) is 85.6 Å². The number of anilines is 1. The summed E-state index contributed by atoms with van der Waals surface area (Å²) in [6, 6.07) is 46.3. The highest BCUT2D eigenvalue weighted by Crippen LogP contribution is 2.44. The quantitative estimate of drug-likeness (QED) is 0.228. The predicted molar refractivity (Wildman–Crippen MR) is 159 cm³/mol. The van der Waals surface area contributed by atoms with Gasteiger partial charge in [0, 0.05) is 6.42 Å². The van der Waals surface area contributed by atoms with Crippen molar-refractivity contribution in [3.63, 3.8) is 0 Å². The Bertz CT molecular complexity index is 1830. The summed E-state index contributed by atoms with van der Waals surface area (Å²) in [7, 11) is 0. The minimum atomic E-state index is 0.105. The third kappa shape index (κ3) is 3.30. The molecule has 0 radical (unpaired) electrons. The molecule has 6 aromatic carbocycles. The zero-order valence-corrected chi connectivity index (χ0v) is 21.0. The predicted octanol–water partition coefficient (Wildman–Crippen LogP) is 8.92. The summed E-state index contributed by atoms with van der Waals surface area (Å²) in [4.78, 5) is 0. The van der Waals surface area contributed by atoms with E-state index >= 15 is 0 Å². The molecule has 8 rings (SSSR count). The lowest BCUT2D eigenvalue weighted by Gasteiger charge is -2.26. The van der Waals surface area contributed by atoms with Crippen LogP contribution in [0.2, 0.25) is 0 Å². The van der Waals surface area contributed by atoms with Gasteiger partial charge in [0.05, 0.1) is 17.4 Å². The summed E-state index contributed by atoms with van der Waals surface area (Å²) in [6.07, 6.45) is 1.85. The SMILES string of the molecule is c1ccc(N2N=C(c3ccc4c(c3)Cc3ccccc3-4)CC2c2c3ccccc3cc3ccccc23)cc1. The van der Waals surface area contributed by atoms with Crippen molar-refractivity contribution >= 4 is 32.9 Å². The van der Waals surface area contributed by atoms with E-state index in [1.807, 2.05) is 0 Å². The maximum absolute atomic E-state index is 5.32. The minimum absolute atomic E-state index is 0.105. The molecule has 0 spiro atoms. The first-order valence-corrected chi connectivity index (χ1v) is 13.4. The monoisotopic (exact) mass is 486 g/mol. The largest absolute Gasteiger partial charge is 0.257 e. The molecule has 2 heteroatoms. The lowest BCUT2D eigenvalue weighted by molar-refractivity contribution is 0.719. The molecule has 0 amide bonds. The summed E-state index contributed by atoms with van der Waals surface area (Å²) >= 11 is 0. The molecule has 0 N–H and O–H groups in total. The molecule has 1 heterocycles.